The zero-order chi connectivity index (χ0) is 13.4. The van der Waals surface area contributed by atoms with Gasteiger partial charge in [-0.1, -0.05) is 17.3 Å². The molecule has 0 fully saturated rings. The van der Waals surface area contributed by atoms with Gasteiger partial charge in [0.15, 0.2) is 6.10 Å². The number of carbonyl (C=O) groups excluding carboxylic acids is 2. The van der Waals surface area contributed by atoms with Gasteiger partial charge < -0.3 is 4.84 Å². The third kappa shape index (κ3) is 2.00. The predicted octanol–water partition coefficient (Wildman–Crippen LogP) is 1.38. The van der Waals surface area contributed by atoms with E-state index < -0.39 is 11.8 Å². The molecule has 0 aromatic heterocycles. The van der Waals surface area contributed by atoms with Gasteiger partial charge in [0.2, 0.25) is 0 Å². The molecule has 2 aliphatic rings. The lowest BCUT2D eigenvalue weighted by Gasteiger charge is -2.15. The third-order valence-corrected chi connectivity index (χ3v) is 3.03. The van der Waals surface area contributed by atoms with Crippen molar-refractivity contribution < 1.29 is 19.3 Å². The molecule has 98 valence electrons. The van der Waals surface area contributed by atoms with Crippen LogP contribution in [0.2, 0.25) is 0 Å². The van der Waals surface area contributed by atoms with Crippen LogP contribution in [-0.2, 0) is 9.68 Å². The highest BCUT2D eigenvalue weighted by Gasteiger charge is 2.37. The van der Waals surface area contributed by atoms with Crippen LogP contribution in [0.1, 0.15) is 34.1 Å². The number of oxime groups is 1. The summed E-state index contributed by atoms with van der Waals surface area (Å²) in [5.41, 5.74) is 1.61. The molecule has 3 rings (SSSR count). The normalized spacial score (nSPS) is 21.4. The average molecular weight is 260 g/mol. The fourth-order valence-electron chi connectivity index (χ4n) is 2.10. The van der Waals surface area contributed by atoms with E-state index in [0.717, 1.165) is 10.8 Å². The monoisotopic (exact) mass is 260 g/mol. The molecule has 0 radical (unpaired) electrons. The highest BCUT2D eigenvalue weighted by molar-refractivity contribution is 6.20. The number of amides is 2. The highest BCUT2D eigenvalue weighted by Crippen LogP contribution is 2.23. The van der Waals surface area contributed by atoms with Crippen molar-refractivity contribution in [2.24, 2.45) is 5.16 Å². The van der Waals surface area contributed by atoms with Gasteiger partial charge in [0.1, 0.15) is 6.61 Å². The number of benzene rings is 1. The maximum absolute atomic E-state index is 12.0. The summed E-state index contributed by atoms with van der Waals surface area (Å²) < 4.78 is 0. The van der Waals surface area contributed by atoms with Crippen molar-refractivity contribution >= 4 is 17.5 Å². The summed E-state index contributed by atoms with van der Waals surface area (Å²) in [4.78, 5) is 34.3. The molecule has 1 aromatic carbocycles. The zero-order valence-electron chi connectivity index (χ0n) is 10.3. The molecule has 0 N–H and O–H groups in total. The second-order valence-electron chi connectivity index (χ2n) is 4.50. The van der Waals surface area contributed by atoms with Gasteiger partial charge in [-0.15, -0.1) is 5.06 Å². The standard InChI is InChI=1S/C13H12N2O4/c1-8-6-9(19-14-8)7-18-15-12(16)10-4-2-3-5-11(10)13(15)17/h2-5,9H,6-7H2,1H3. The van der Waals surface area contributed by atoms with Crippen molar-refractivity contribution in [1.29, 1.82) is 0 Å². The van der Waals surface area contributed by atoms with Gasteiger partial charge in [0.05, 0.1) is 16.8 Å². The molecule has 0 saturated carbocycles. The Bertz CT molecular complexity index is 547. The molecule has 0 bridgehead atoms. The van der Waals surface area contributed by atoms with Gasteiger partial charge in [0, 0.05) is 6.42 Å². The minimum atomic E-state index is -0.434. The summed E-state index contributed by atoms with van der Waals surface area (Å²) in [5.74, 6) is -0.868. The lowest BCUT2D eigenvalue weighted by molar-refractivity contribution is -0.121. The molecule has 1 unspecified atom stereocenters. The Morgan fingerprint density at radius 1 is 1.32 bits per heavy atom. The maximum Gasteiger partial charge on any atom is 0.285 e. The SMILES string of the molecule is CC1=NOC(CON2C(=O)c3ccccc3C2=O)C1. The Morgan fingerprint density at radius 3 is 2.47 bits per heavy atom. The molecule has 1 aromatic rings. The fraction of sp³-hybridized carbons (Fsp3) is 0.308. The minimum absolute atomic E-state index is 0.117. The molecular weight excluding hydrogens is 248 g/mol. The molecule has 2 heterocycles. The number of nitrogens with zero attached hydrogens (tertiary/aromatic N) is 2. The molecular formula is C13H12N2O4. The summed E-state index contributed by atoms with van der Waals surface area (Å²) in [6.07, 6.45) is 0.396. The Kier molecular flexibility index (Phi) is 2.79. The van der Waals surface area contributed by atoms with Crippen LogP contribution in [0.15, 0.2) is 29.4 Å². The van der Waals surface area contributed by atoms with Crippen LogP contribution in [-0.4, -0.2) is 35.3 Å². The first-order valence-electron chi connectivity index (χ1n) is 5.97. The summed E-state index contributed by atoms with van der Waals surface area (Å²) >= 11 is 0. The molecule has 6 nitrogen and oxygen atoms in total. The topological polar surface area (TPSA) is 68.2 Å². The lowest BCUT2D eigenvalue weighted by atomic mass is 10.1. The lowest BCUT2D eigenvalue weighted by Crippen LogP contribution is -2.33. The smallest absolute Gasteiger partial charge is 0.285 e. The first-order valence-corrected chi connectivity index (χ1v) is 5.97. The molecule has 6 heteroatoms. The van der Waals surface area contributed by atoms with E-state index in [-0.39, 0.29) is 12.7 Å². The Balaban J connectivity index is 1.68. The molecule has 0 aliphatic carbocycles. The number of carbonyl (C=O) groups is 2. The second-order valence-corrected chi connectivity index (χ2v) is 4.50. The first kappa shape index (κ1) is 11.9. The summed E-state index contributed by atoms with van der Waals surface area (Å²) in [6.45, 7) is 1.97. The summed E-state index contributed by atoms with van der Waals surface area (Å²) in [5, 5.41) is 4.58. The largest absolute Gasteiger partial charge is 0.390 e. The third-order valence-electron chi connectivity index (χ3n) is 3.03. The van der Waals surface area contributed by atoms with Crippen LogP contribution in [0.25, 0.3) is 0 Å². The van der Waals surface area contributed by atoms with Gasteiger partial charge in [-0.05, 0) is 19.1 Å². The number of hydrogen-bond donors (Lipinski definition) is 0. The number of fused-ring (bicyclic) bond motifs is 1. The van der Waals surface area contributed by atoms with Gasteiger partial charge in [-0.25, -0.2) is 0 Å². The van der Waals surface area contributed by atoms with E-state index in [0.29, 0.717) is 17.5 Å². The number of hydrogen-bond acceptors (Lipinski definition) is 5. The van der Waals surface area contributed by atoms with E-state index in [2.05, 4.69) is 5.16 Å². The Morgan fingerprint density at radius 2 is 1.95 bits per heavy atom. The minimum Gasteiger partial charge on any atom is -0.390 e. The number of hydroxylamine groups is 2. The fourth-order valence-corrected chi connectivity index (χ4v) is 2.10. The molecule has 2 amide bonds. The van der Waals surface area contributed by atoms with E-state index >= 15 is 0 Å². The molecule has 0 saturated heterocycles. The second kappa shape index (κ2) is 4.47. The Labute approximate surface area is 109 Å². The van der Waals surface area contributed by atoms with Crippen LogP contribution in [0.5, 0.6) is 0 Å². The van der Waals surface area contributed by atoms with Gasteiger partial charge in [0.25, 0.3) is 11.8 Å². The van der Waals surface area contributed by atoms with Gasteiger partial charge in [-0.3, -0.25) is 14.4 Å². The van der Waals surface area contributed by atoms with Crippen molar-refractivity contribution in [1.82, 2.24) is 5.06 Å². The van der Waals surface area contributed by atoms with Crippen LogP contribution < -0.4 is 0 Å². The molecule has 2 aliphatic heterocycles. The molecule has 1 atom stereocenters. The predicted molar refractivity (Wildman–Crippen MR) is 65.5 cm³/mol. The highest BCUT2D eigenvalue weighted by atomic mass is 16.7. The van der Waals surface area contributed by atoms with Gasteiger partial charge >= 0.3 is 0 Å². The van der Waals surface area contributed by atoms with Crippen molar-refractivity contribution in [2.45, 2.75) is 19.4 Å². The van der Waals surface area contributed by atoms with E-state index in [1.165, 1.54) is 0 Å². The summed E-state index contributed by atoms with van der Waals surface area (Å²) in [6, 6.07) is 6.64. The number of rotatable bonds is 3. The van der Waals surface area contributed by atoms with E-state index in [4.69, 9.17) is 9.68 Å². The van der Waals surface area contributed by atoms with E-state index in [1.807, 2.05) is 6.92 Å². The molecule has 0 spiro atoms. The van der Waals surface area contributed by atoms with Crippen molar-refractivity contribution in [3.8, 4) is 0 Å². The number of imide groups is 1. The van der Waals surface area contributed by atoms with Crippen molar-refractivity contribution in [2.75, 3.05) is 6.61 Å². The van der Waals surface area contributed by atoms with Crippen LogP contribution in [0.3, 0.4) is 0 Å². The summed E-state index contributed by atoms with van der Waals surface area (Å²) in [7, 11) is 0. The quantitative estimate of drug-likeness (QED) is 0.770. The van der Waals surface area contributed by atoms with E-state index in [9.17, 15) is 9.59 Å². The van der Waals surface area contributed by atoms with Gasteiger partial charge in [-0.2, -0.15) is 0 Å². The first-order chi connectivity index (χ1) is 9.16. The van der Waals surface area contributed by atoms with Crippen LogP contribution >= 0.6 is 0 Å². The maximum atomic E-state index is 12.0. The molecule has 19 heavy (non-hydrogen) atoms. The van der Waals surface area contributed by atoms with E-state index in [1.54, 1.807) is 24.3 Å². The van der Waals surface area contributed by atoms with Crippen molar-refractivity contribution in [3.63, 3.8) is 0 Å². The van der Waals surface area contributed by atoms with Crippen LogP contribution in [0, 0.1) is 0 Å². The Hall–Kier alpha value is -2.21. The van der Waals surface area contributed by atoms with Crippen LogP contribution in [0.4, 0.5) is 0 Å². The average Bonchev–Trinajstić information content (AvgIpc) is 2.93. The van der Waals surface area contributed by atoms with Crippen molar-refractivity contribution in [3.05, 3.63) is 35.4 Å². The zero-order valence-corrected chi connectivity index (χ0v) is 10.3.